The molecule has 2 aromatic rings. The smallest absolute Gasteiger partial charge is 0.130 e. The number of aryl methyl sites for hydroxylation is 1. The highest BCUT2D eigenvalue weighted by atomic mass is 32.1. The van der Waals surface area contributed by atoms with E-state index in [2.05, 4.69) is 35.8 Å². The molecule has 0 saturated carbocycles. The molecule has 0 aliphatic carbocycles. The van der Waals surface area contributed by atoms with Crippen molar-refractivity contribution in [2.24, 2.45) is 0 Å². The van der Waals surface area contributed by atoms with Crippen LogP contribution < -0.4 is 5.32 Å². The van der Waals surface area contributed by atoms with Crippen LogP contribution in [0, 0.1) is 6.92 Å². The zero-order valence-corrected chi connectivity index (χ0v) is 11.7. The van der Waals surface area contributed by atoms with Gasteiger partial charge in [0, 0.05) is 11.3 Å². The van der Waals surface area contributed by atoms with E-state index in [-0.39, 0.29) is 0 Å². The third-order valence-electron chi connectivity index (χ3n) is 2.73. The molecular formula is C14H19NO2S. The highest BCUT2D eigenvalue weighted by Gasteiger charge is 2.06. The van der Waals surface area contributed by atoms with Crippen LogP contribution in [0.5, 0.6) is 0 Å². The summed E-state index contributed by atoms with van der Waals surface area (Å²) in [5.41, 5.74) is 1.18. The molecule has 2 heterocycles. The maximum absolute atomic E-state index is 5.71. The summed E-state index contributed by atoms with van der Waals surface area (Å²) >= 11 is 1.77. The third kappa shape index (κ3) is 3.70. The molecule has 0 bridgehead atoms. The van der Waals surface area contributed by atoms with Crippen molar-refractivity contribution in [3.05, 3.63) is 45.5 Å². The Morgan fingerprint density at radius 2 is 2.33 bits per heavy atom. The Morgan fingerprint density at radius 3 is 3.06 bits per heavy atom. The second kappa shape index (κ2) is 6.73. The van der Waals surface area contributed by atoms with Gasteiger partial charge in [-0.15, -0.1) is 11.3 Å². The van der Waals surface area contributed by atoms with Gasteiger partial charge in [-0.2, -0.15) is 0 Å². The van der Waals surface area contributed by atoms with E-state index in [1.165, 1.54) is 10.4 Å². The molecule has 0 aromatic carbocycles. The first kappa shape index (κ1) is 13.3. The summed E-state index contributed by atoms with van der Waals surface area (Å²) in [5.74, 6) is 1.90. The van der Waals surface area contributed by atoms with Crippen LogP contribution in [0.4, 0.5) is 0 Å². The highest BCUT2D eigenvalue weighted by Crippen LogP contribution is 2.15. The predicted octanol–water partition coefficient (Wildman–Crippen LogP) is 3.13. The van der Waals surface area contributed by atoms with Crippen molar-refractivity contribution in [3.63, 3.8) is 0 Å². The molecule has 0 fully saturated rings. The van der Waals surface area contributed by atoms with Crippen molar-refractivity contribution < 1.29 is 9.15 Å². The number of rotatable bonds is 7. The lowest BCUT2D eigenvalue weighted by molar-refractivity contribution is 0.108. The fraction of sp³-hybridized carbons (Fsp3) is 0.429. The maximum Gasteiger partial charge on any atom is 0.130 e. The van der Waals surface area contributed by atoms with Gasteiger partial charge in [0.1, 0.15) is 18.1 Å². The second-order valence-electron chi connectivity index (χ2n) is 4.23. The van der Waals surface area contributed by atoms with Gasteiger partial charge >= 0.3 is 0 Å². The second-order valence-corrected chi connectivity index (χ2v) is 5.26. The van der Waals surface area contributed by atoms with E-state index in [9.17, 15) is 0 Å². The molecule has 0 atom stereocenters. The normalized spacial score (nSPS) is 11.0. The number of nitrogens with one attached hydrogen (secondary N) is 1. The molecule has 0 aliphatic heterocycles. The lowest BCUT2D eigenvalue weighted by atomic mass is 10.2. The van der Waals surface area contributed by atoms with Crippen molar-refractivity contribution >= 4 is 11.3 Å². The molecule has 2 rings (SSSR count). The van der Waals surface area contributed by atoms with Crippen LogP contribution in [0.2, 0.25) is 0 Å². The largest absolute Gasteiger partial charge is 0.462 e. The molecule has 1 N–H and O–H groups in total. The fourth-order valence-corrected chi connectivity index (χ4v) is 2.49. The molecule has 4 heteroatoms. The van der Waals surface area contributed by atoms with Gasteiger partial charge in [-0.1, -0.05) is 6.07 Å². The van der Waals surface area contributed by atoms with E-state index in [1.807, 2.05) is 7.05 Å². The number of hydrogen-bond acceptors (Lipinski definition) is 4. The van der Waals surface area contributed by atoms with E-state index >= 15 is 0 Å². The fourth-order valence-electron chi connectivity index (χ4n) is 1.80. The summed E-state index contributed by atoms with van der Waals surface area (Å²) in [7, 11) is 1.92. The first-order valence-electron chi connectivity index (χ1n) is 6.12. The minimum absolute atomic E-state index is 0.552. The van der Waals surface area contributed by atoms with E-state index in [0.29, 0.717) is 6.61 Å². The summed E-state index contributed by atoms with van der Waals surface area (Å²) in [5, 5.41) is 5.18. The zero-order chi connectivity index (χ0) is 12.8. The Morgan fingerprint density at radius 1 is 1.44 bits per heavy atom. The molecule has 0 unspecified atom stereocenters. The molecule has 0 aliphatic rings. The van der Waals surface area contributed by atoms with E-state index < -0.39 is 0 Å². The molecule has 0 saturated heterocycles. The van der Waals surface area contributed by atoms with Crippen molar-refractivity contribution in [3.8, 4) is 0 Å². The van der Waals surface area contributed by atoms with Crippen molar-refractivity contribution in [2.75, 3.05) is 13.7 Å². The van der Waals surface area contributed by atoms with Gasteiger partial charge in [-0.05, 0) is 37.0 Å². The Balaban J connectivity index is 1.74. The summed E-state index contributed by atoms with van der Waals surface area (Å²) in [6.45, 7) is 4.11. The van der Waals surface area contributed by atoms with Crippen LogP contribution in [0.25, 0.3) is 0 Å². The third-order valence-corrected chi connectivity index (χ3v) is 3.66. The topological polar surface area (TPSA) is 34.4 Å². The van der Waals surface area contributed by atoms with Crippen LogP contribution >= 0.6 is 11.3 Å². The SMILES string of the molecule is CNCc1oc(COCCc2cccs2)cc1C. The van der Waals surface area contributed by atoms with Gasteiger partial charge in [0.25, 0.3) is 0 Å². The van der Waals surface area contributed by atoms with E-state index in [1.54, 1.807) is 11.3 Å². The minimum atomic E-state index is 0.552. The summed E-state index contributed by atoms with van der Waals surface area (Å²) in [4.78, 5) is 1.36. The van der Waals surface area contributed by atoms with Gasteiger partial charge in [0.2, 0.25) is 0 Å². The number of hydrogen-bond donors (Lipinski definition) is 1. The van der Waals surface area contributed by atoms with Gasteiger partial charge in [-0.25, -0.2) is 0 Å². The van der Waals surface area contributed by atoms with Crippen LogP contribution in [-0.4, -0.2) is 13.7 Å². The Kier molecular flexibility index (Phi) is 4.99. The molecule has 2 aromatic heterocycles. The van der Waals surface area contributed by atoms with Crippen LogP contribution in [0.1, 0.15) is 22.0 Å². The molecule has 98 valence electrons. The molecule has 3 nitrogen and oxygen atoms in total. The summed E-state index contributed by atoms with van der Waals surface area (Å²) in [6.07, 6.45) is 0.973. The average molecular weight is 265 g/mol. The zero-order valence-electron chi connectivity index (χ0n) is 10.9. The van der Waals surface area contributed by atoms with Gasteiger partial charge in [0.15, 0.2) is 0 Å². The quantitative estimate of drug-likeness (QED) is 0.781. The maximum atomic E-state index is 5.71. The van der Waals surface area contributed by atoms with Crippen LogP contribution in [0.15, 0.2) is 28.0 Å². The monoisotopic (exact) mass is 265 g/mol. The molecule has 0 spiro atoms. The average Bonchev–Trinajstić information content (AvgIpc) is 2.96. The van der Waals surface area contributed by atoms with Gasteiger partial charge in [-0.3, -0.25) is 0 Å². The Hall–Kier alpha value is -1.10. The van der Waals surface area contributed by atoms with Crippen LogP contribution in [-0.2, 0) is 24.3 Å². The van der Waals surface area contributed by atoms with E-state index in [4.69, 9.17) is 9.15 Å². The Labute approximate surface area is 112 Å². The molecule has 0 radical (unpaired) electrons. The number of ether oxygens (including phenoxy) is 1. The molecule has 0 amide bonds. The van der Waals surface area contributed by atoms with Crippen molar-refractivity contribution in [2.45, 2.75) is 26.5 Å². The number of furan rings is 1. The van der Waals surface area contributed by atoms with Crippen molar-refractivity contribution in [1.29, 1.82) is 0 Å². The first-order valence-corrected chi connectivity index (χ1v) is 7.00. The van der Waals surface area contributed by atoms with Gasteiger partial charge in [0.05, 0.1) is 13.2 Å². The standard InChI is InChI=1S/C14H19NO2S/c1-11-8-12(17-14(11)9-15-2)10-16-6-5-13-4-3-7-18-13/h3-4,7-8,15H,5-6,9-10H2,1-2H3. The van der Waals surface area contributed by atoms with Gasteiger partial charge < -0.3 is 14.5 Å². The highest BCUT2D eigenvalue weighted by molar-refractivity contribution is 7.09. The lowest BCUT2D eigenvalue weighted by Crippen LogP contribution is -2.04. The molecule has 18 heavy (non-hydrogen) atoms. The Bertz CT molecular complexity index is 462. The van der Waals surface area contributed by atoms with E-state index in [0.717, 1.165) is 31.1 Å². The first-order chi connectivity index (χ1) is 8.79. The summed E-state index contributed by atoms with van der Waals surface area (Å²) < 4.78 is 11.3. The number of thiophene rings is 1. The summed E-state index contributed by atoms with van der Waals surface area (Å²) in [6, 6.07) is 6.26. The van der Waals surface area contributed by atoms with Crippen LogP contribution in [0.3, 0.4) is 0 Å². The predicted molar refractivity (Wildman–Crippen MR) is 73.9 cm³/mol. The van der Waals surface area contributed by atoms with Crippen molar-refractivity contribution in [1.82, 2.24) is 5.32 Å². The molecular weight excluding hydrogens is 246 g/mol. The lowest BCUT2D eigenvalue weighted by Gasteiger charge is -2.00. The minimum Gasteiger partial charge on any atom is -0.462 e.